The maximum absolute atomic E-state index is 13.0. The highest BCUT2D eigenvalue weighted by Crippen LogP contribution is 2.30. The predicted molar refractivity (Wildman–Crippen MR) is 153 cm³/mol. The molecule has 0 radical (unpaired) electrons. The quantitative estimate of drug-likeness (QED) is 0.337. The number of pyridine rings is 1. The van der Waals surface area contributed by atoms with Crippen LogP contribution in [-0.4, -0.2) is 37.7 Å². The van der Waals surface area contributed by atoms with Crippen LogP contribution in [0.15, 0.2) is 71.7 Å². The lowest BCUT2D eigenvalue weighted by molar-refractivity contribution is -0.184. The van der Waals surface area contributed by atoms with Gasteiger partial charge in [-0.3, -0.25) is 9.55 Å². The zero-order valence-electron chi connectivity index (χ0n) is 23.4. The van der Waals surface area contributed by atoms with E-state index in [1.165, 1.54) is 11.1 Å². The smallest absolute Gasteiger partial charge is 0.346 e. The van der Waals surface area contributed by atoms with Crippen LogP contribution in [0.3, 0.4) is 0 Å². The first-order valence-electron chi connectivity index (χ1n) is 13.8. The topological polar surface area (TPSA) is 82.2 Å². The van der Waals surface area contributed by atoms with Crippen molar-refractivity contribution in [2.45, 2.75) is 71.1 Å². The van der Waals surface area contributed by atoms with E-state index in [-0.39, 0.29) is 11.1 Å². The molecule has 39 heavy (non-hydrogen) atoms. The molecule has 0 amide bonds. The second-order valence-electron chi connectivity index (χ2n) is 11.6. The van der Waals surface area contributed by atoms with Crippen LogP contribution in [0.25, 0.3) is 11.3 Å². The zero-order chi connectivity index (χ0) is 27.6. The Morgan fingerprint density at radius 3 is 2.21 bits per heavy atom. The van der Waals surface area contributed by atoms with Gasteiger partial charge in [0.05, 0.1) is 25.5 Å². The average molecular weight is 527 g/mol. The van der Waals surface area contributed by atoms with Gasteiger partial charge in [0.25, 0.3) is 0 Å². The van der Waals surface area contributed by atoms with E-state index in [1.807, 2.05) is 19.1 Å². The van der Waals surface area contributed by atoms with Gasteiger partial charge in [-0.15, -0.1) is 0 Å². The lowest BCUT2D eigenvalue weighted by Gasteiger charge is -2.36. The summed E-state index contributed by atoms with van der Waals surface area (Å²) < 4.78 is 8.52. The number of hydrogen-bond donors (Lipinski definition) is 1. The fourth-order valence-corrected chi connectivity index (χ4v) is 4.97. The van der Waals surface area contributed by atoms with Gasteiger partial charge in [0, 0.05) is 30.3 Å². The highest BCUT2D eigenvalue weighted by atomic mass is 16.5. The maximum atomic E-state index is 13.0. The monoisotopic (exact) mass is 526 g/mol. The molecule has 0 saturated carbocycles. The van der Waals surface area contributed by atoms with Gasteiger partial charge in [0.2, 0.25) is 0 Å². The Labute approximate surface area is 230 Å². The molecule has 1 N–H and O–H groups in total. The molecule has 1 fully saturated rings. The predicted octanol–water partition coefficient (Wildman–Crippen LogP) is 4.87. The first-order valence-corrected chi connectivity index (χ1v) is 13.8. The van der Waals surface area contributed by atoms with Crippen LogP contribution in [0.4, 0.5) is 0 Å². The van der Waals surface area contributed by atoms with Gasteiger partial charge < -0.3 is 9.84 Å². The number of rotatable bonds is 9. The summed E-state index contributed by atoms with van der Waals surface area (Å²) in [6.45, 7) is 10.3. The van der Waals surface area contributed by atoms with Gasteiger partial charge in [0.15, 0.2) is 0 Å². The third-order valence-corrected chi connectivity index (χ3v) is 7.57. The van der Waals surface area contributed by atoms with E-state index >= 15 is 0 Å². The number of nitrogens with zero attached hydrogens (tertiary/aromatic N) is 4. The van der Waals surface area contributed by atoms with Gasteiger partial charge in [0.1, 0.15) is 11.4 Å². The van der Waals surface area contributed by atoms with Crippen molar-refractivity contribution in [1.29, 1.82) is 0 Å². The minimum absolute atomic E-state index is 0.0489. The van der Waals surface area contributed by atoms with Crippen molar-refractivity contribution >= 4 is 0 Å². The summed E-state index contributed by atoms with van der Waals surface area (Å²) in [6.07, 6.45) is 4.29. The van der Waals surface area contributed by atoms with Crippen molar-refractivity contribution < 1.29 is 9.84 Å². The largest absolute Gasteiger partial charge is 0.380 e. The van der Waals surface area contributed by atoms with Crippen molar-refractivity contribution in [3.63, 3.8) is 0 Å². The number of aromatic nitrogens is 4. The summed E-state index contributed by atoms with van der Waals surface area (Å²) in [5.74, 6) is 0.841. The Bertz CT molecular complexity index is 1460. The fourth-order valence-electron chi connectivity index (χ4n) is 4.97. The summed E-state index contributed by atoms with van der Waals surface area (Å²) in [5, 5.41) is 15.1. The molecular weight excluding hydrogens is 488 g/mol. The highest BCUT2D eigenvalue weighted by Gasteiger charge is 2.38. The number of aryl methyl sites for hydroxylation is 2. The maximum Gasteiger partial charge on any atom is 0.346 e. The molecule has 2 aromatic carbocycles. The molecule has 0 bridgehead atoms. The molecule has 5 rings (SSSR count). The van der Waals surface area contributed by atoms with Crippen LogP contribution in [0.5, 0.6) is 0 Å². The number of hydrogen-bond acceptors (Lipinski definition) is 5. The first-order chi connectivity index (χ1) is 18.7. The molecule has 1 aliphatic rings. The third kappa shape index (κ3) is 5.89. The van der Waals surface area contributed by atoms with E-state index in [9.17, 15) is 9.90 Å². The average Bonchev–Trinajstić information content (AvgIpc) is 3.21. The molecule has 204 valence electrons. The molecule has 0 aliphatic carbocycles. The van der Waals surface area contributed by atoms with E-state index < -0.39 is 5.60 Å². The van der Waals surface area contributed by atoms with Crippen molar-refractivity contribution in [3.05, 3.63) is 105 Å². The molecule has 1 aliphatic heterocycles. The second-order valence-corrected chi connectivity index (χ2v) is 11.6. The Morgan fingerprint density at radius 1 is 0.949 bits per heavy atom. The Balaban J connectivity index is 1.19. The van der Waals surface area contributed by atoms with Crippen molar-refractivity contribution in [1.82, 2.24) is 19.3 Å². The zero-order valence-corrected chi connectivity index (χ0v) is 23.4. The minimum atomic E-state index is -0.897. The van der Waals surface area contributed by atoms with Crippen molar-refractivity contribution in [2.24, 2.45) is 0 Å². The van der Waals surface area contributed by atoms with Gasteiger partial charge >= 0.3 is 5.69 Å². The highest BCUT2D eigenvalue weighted by molar-refractivity contribution is 5.59. The fraction of sp³-hybridized carbons (Fsp3) is 0.406. The number of benzene rings is 2. The SMILES string of the molecule is CCn1c(CCCc2ccc(-c3ccc(C4(O)COC4)cn3)cc2)nn(Cc2ccc(C(C)(C)C)cc2)c1=O. The van der Waals surface area contributed by atoms with E-state index in [0.717, 1.165) is 47.5 Å². The van der Waals surface area contributed by atoms with Crippen LogP contribution in [0.1, 0.15) is 62.2 Å². The molecule has 7 heteroatoms. The lowest BCUT2D eigenvalue weighted by atomic mass is 9.87. The van der Waals surface area contributed by atoms with Crippen LogP contribution >= 0.6 is 0 Å². The molecule has 0 atom stereocenters. The van der Waals surface area contributed by atoms with Crippen molar-refractivity contribution in [3.8, 4) is 11.3 Å². The molecule has 4 aromatic rings. The molecule has 1 saturated heterocycles. The first kappa shape index (κ1) is 27.0. The lowest BCUT2D eigenvalue weighted by Crippen LogP contribution is -2.46. The van der Waals surface area contributed by atoms with Crippen molar-refractivity contribution in [2.75, 3.05) is 13.2 Å². The van der Waals surface area contributed by atoms with Gasteiger partial charge in [-0.25, -0.2) is 9.48 Å². The molecule has 0 unspecified atom stereocenters. The van der Waals surface area contributed by atoms with Gasteiger partial charge in [-0.05, 0) is 47.9 Å². The van der Waals surface area contributed by atoms with Gasteiger partial charge in [-0.2, -0.15) is 5.10 Å². The second kappa shape index (κ2) is 10.9. The van der Waals surface area contributed by atoms with Gasteiger partial charge in [-0.1, -0.05) is 75.4 Å². The van der Waals surface area contributed by atoms with Crippen LogP contribution in [0, 0.1) is 0 Å². The van der Waals surface area contributed by atoms with Crippen LogP contribution < -0.4 is 5.69 Å². The molecule has 0 spiro atoms. The standard InChI is InChI=1S/C32H38N4O3/c1-5-35-29(34-36(30(35)37)20-24-11-15-26(16-12-24)31(2,3)4)8-6-7-23-9-13-25(14-10-23)28-18-17-27(19-33-28)32(38)21-39-22-32/h9-19,38H,5-8,20-22H2,1-4H3. The normalized spacial score (nSPS) is 14.8. The Morgan fingerprint density at radius 2 is 1.64 bits per heavy atom. The van der Waals surface area contributed by atoms with E-state index in [1.54, 1.807) is 15.4 Å². The summed E-state index contributed by atoms with van der Waals surface area (Å²) in [6, 6.07) is 20.8. The Hall–Kier alpha value is -3.55. The summed E-state index contributed by atoms with van der Waals surface area (Å²) >= 11 is 0. The van der Waals surface area contributed by atoms with Crippen LogP contribution in [-0.2, 0) is 41.7 Å². The molecular formula is C32H38N4O3. The third-order valence-electron chi connectivity index (χ3n) is 7.57. The summed E-state index contributed by atoms with van der Waals surface area (Å²) in [5.41, 5.74) is 5.45. The van der Waals surface area contributed by atoms with E-state index in [4.69, 9.17) is 9.84 Å². The minimum Gasteiger partial charge on any atom is -0.380 e. The number of ether oxygens (including phenoxy) is 1. The summed E-state index contributed by atoms with van der Waals surface area (Å²) in [7, 11) is 0. The molecule has 7 nitrogen and oxygen atoms in total. The molecule has 3 heterocycles. The summed E-state index contributed by atoms with van der Waals surface area (Å²) in [4.78, 5) is 17.5. The van der Waals surface area contributed by atoms with E-state index in [2.05, 4.69) is 74.3 Å². The van der Waals surface area contributed by atoms with Crippen LogP contribution in [0.2, 0.25) is 0 Å². The van der Waals surface area contributed by atoms with E-state index in [0.29, 0.717) is 26.3 Å². The molecule has 2 aromatic heterocycles. The number of aliphatic hydroxyl groups is 1. The Kier molecular flexibility index (Phi) is 7.56.